The van der Waals surface area contributed by atoms with E-state index in [0.717, 1.165) is 17.0 Å². The number of halogens is 5. The lowest BCUT2D eigenvalue weighted by atomic mass is 10.0. The average molecular weight is 412 g/mol. The second-order valence-electron chi connectivity index (χ2n) is 6.66. The lowest BCUT2D eigenvalue weighted by molar-refractivity contribution is -0.137. The number of hydrogen-bond acceptors (Lipinski definition) is 6. The van der Waals surface area contributed by atoms with Gasteiger partial charge in [-0.25, -0.2) is 8.78 Å². The number of benzene rings is 1. The number of phenols is 1. The van der Waals surface area contributed by atoms with Gasteiger partial charge in [-0.05, 0) is 30.3 Å². The Morgan fingerprint density at radius 1 is 1.14 bits per heavy atom. The molecule has 4 rings (SSSR count). The number of nitrogens with zero attached hydrogens (tertiary/aromatic N) is 4. The summed E-state index contributed by atoms with van der Waals surface area (Å²) >= 11 is 0. The normalized spacial score (nSPS) is 19.1. The van der Waals surface area contributed by atoms with E-state index < -0.39 is 36.1 Å². The fourth-order valence-electron chi connectivity index (χ4n) is 3.22. The van der Waals surface area contributed by atoms with Gasteiger partial charge in [-0.15, -0.1) is 10.2 Å². The maximum Gasteiger partial charge on any atom is 0.416 e. The van der Waals surface area contributed by atoms with Gasteiger partial charge >= 0.3 is 6.18 Å². The molecule has 152 valence electrons. The zero-order valence-electron chi connectivity index (χ0n) is 14.5. The number of pyridine rings is 1. The van der Waals surface area contributed by atoms with Gasteiger partial charge in [0.15, 0.2) is 5.82 Å². The van der Waals surface area contributed by atoms with E-state index in [0.29, 0.717) is 11.5 Å². The van der Waals surface area contributed by atoms with E-state index in [2.05, 4.69) is 15.2 Å². The number of rotatable bonds is 2. The zero-order chi connectivity index (χ0) is 21.0. The van der Waals surface area contributed by atoms with Gasteiger partial charge in [0.05, 0.1) is 18.7 Å². The van der Waals surface area contributed by atoms with Crippen LogP contribution in [0.15, 0.2) is 36.5 Å². The summed E-state index contributed by atoms with van der Waals surface area (Å²) in [7, 11) is 0. The molecule has 1 aliphatic rings. The maximum absolute atomic E-state index is 13.7. The molecule has 0 amide bonds. The van der Waals surface area contributed by atoms with Crippen molar-refractivity contribution >= 4 is 16.7 Å². The van der Waals surface area contributed by atoms with Crippen molar-refractivity contribution in [3.8, 4) is 17.0 Å². The van der Waals surface area contributed by atoms with Gasteiger partial charge in [-0.1, -0.05) is 0 Å². The van der Waals surface area contributed by atoms with Crippen LogP contribution in [0.3, 0.4) is 0 Å². The Morgan fingerprint density at radius 3 is 2.52 bits per heavy atom. The minimum Gasteiger partial charge on any atom is -0.507 e. The summed E-state index contributed by atoms with van der Waals surface area (Å²) in [6.45, 7) is -1.16. The van der Waals surface area contributed by atoms with E-state index in [-0.39, 0.29) is 29.1 Å². The molecule has 1 aliphatic heterocycles. The lowest BCUT2D eigenvalue weighted by Gasteiger charge is -2.18. The number of alkyl halides is 5. The zero-order valence-corrected chi connectivity index (χ0v) is 14.5. The molecule has 0 spiro atoms. The van der Waals surface area contributed by atoms with Crippen LogP contribution in [0.1, 0.15) is 5.56 Å². The number of aromatic nitrogens is 3. The number of hydrogen-bond donors (Lipinski definition) is 2. The summed E-state index contributed by atoms with van der Waals surface area (Å²) in [6, 6.07) is 5.50. The van der Waals surface area contributed by atoms with Crippen LogP contribution < -0.4 is 4.90 Å². The topological polar surface area (TPSA) is 82.4 Å². The third-order valence-corrected chi connectivity index (χ3v) is 4.68. The number of aliphatic hydroxyl groups excluding tert-OH is 1. The molecule has 0 saturated carbocycles. The first-order valence-corrected chi connectivity index (χ1v) is 8.41. The summed E-state index contributed by atoms with van der Waals surface area (Å²) in [5.74, 6) is -3.98. The Hall–Kier alpha value is -3.08. The summed E-state index contributed by atoms with van der Waals surface area (Å²) < 4.78 is 66.0. The fourth-order valence-corrected chi connectivity index (χ4v) is 3.22. The monoisotopic (exact) mass is 412 g/mol. The third kappa shape index (κ3) is 3.31. The molecule has 1 fully saturated rings. The number of anilines is 1. The molecule has 1 saturated heterocycles. The first-order valence-electron chi connectivity index (χ1n) is 8.41. The molecule has 3 aromatic rings. The van der Waals surface area contributed by atoms with Gasteiger partial charge in [0.1, 0.15) is 23.1 Å². The Morgan fingerprint density at radius 2 is 1.90 bits per heavy atom. The number of aromatic hydroxyl groups is 1. The minimum atomic E-state index is -4.63. The highest BCUT2D eigenvalue weighted by Crippen LogP contribution is 2.39. The van der Waals surface area contributed by atoms with Crippen molar-refractivity contribution in [1.29, 1.82) is 0 Å². The van der Waals surface area contributed by atoms with Crippen LogP contribution in [0.5, 0.6) is 5.75 Å². The molecule has 1 aromatic carbocycles. The molecule has 6 nitrogen and oxygen atoms in total. The van der Waals surface area contributed by atoms with Gasteiger partial charge in [0, 0.05) is 17.1 Å². The van der Waals surface area contributed by atoms with Crippen LogP contribution in [0.2, 0.25) is 0 Å². The summed E-state index contributed by atoms with van der Waals surface area (Å²) in [5.41, 5.74) is -0.822. The van der Waals surface area contributed by atoms with E-state index in [4.69, 9.17) is 0 Å². The van der Waals surface area contributed by atoms with Crippen molar-refractivity contribution < 1.29 is 32.2 Å². The summed E-state index contributed by atoms with van der Waals surface area (Å²) in [5, 5.41) is 27.8. The smallest absolute Gasteiger partial charge is 0.416 e. The molecular weight excluding hydrogens is 399 g/mol. The highest BCUT2D eigenvalue weighted by Gasteiger charge is 2.48. The Labute approximate surface area is 160 Å². The molecule has 11 heteroatoms. The van der Waals surface area contributed by atoms with E-state index in [9.17, 15) is 32.2 Å². The molecule has 2 aromatic heterocycles. The number of aliphatic hydroxyl groups is 1. The molecule has 0 aliphatic carbocycles. The molecule has 29 heavy (non-hydrogen) atoms. The molecular formula is C18H13F5N4O2. The van der Waals surface area contributed by atoms with Crippen LogP contribution in [0, 0.1) is 0 Å². The SMILES string of the molecule is Oc1cc(C(F)(F)F)ccc1-c1nnc(N2C[C@H](O)C(F)(F)C2)c2ncccc12. The standard InChI is InChI=1S/C18H13F5N4O2/c19-17(20)8-27(7-13(17)29)16-15-11(2-1-5-24-15)14(25-26-16)10-4-3-9(6-12(10)28)18(21,22)23/h1-6,13,28-29H,7-8H2/t13-/m0/s1. The van der Waals surface area contributed by atoms with Crippen molar-refractivity contribution in [2.45, 2.75) is 18.2 Å². The van der Waals surface area contributed by atoms with Crippen molar-refractivity contribution in [3.63, 3.8) is 0 Å². The Kier molecular flexibility index (Phi) is 4.30. The highest BCUT2D eigenvalue weighted by molar-refractivity contribution is 5.98. The molecule has 2 N–H and O–H groups in total. The molecule has 0 radical (unpaired) electrons. The van der Waals surface area contributed by atoms with E-state index in [1.54, 1.807) is 0 Å². The first-order chi connectivity index (χ1) is 13.6. The van der Waals surface area contributed by atoms with Crippen LogP contribution in [0.4, 0.5) is 27.8 Å². The van der Waals surface area contributed by atoms with Crippen molar-refractivity contribution in [3.05, 3.63) is 42.1 Å². The third-order valence-electron chi connectivity index (χ3n) is 4.68. The van der Waals surface area contributed by atoms with Gasteiger partial charge in [0.25, 0.3) is 5.92 Å². The summed E-state index contributed by atoms with van der Waals surface area (Å²) in [6.07, 6.45) is -5.10. The lowest BCUT2D eigenvalue weighted by Crippen LogP contribution is -2.31. The van der Waals surface area contributed by atoms with E-state index >= 15 is 0 Å². The first kappa shape index (κ1) is 19.2. The Bertz CT molecular complexity index is 1090. The van der Waals surface area contributed by atoms with Gasteiger partial charge < -0.3 is 15.1 Å². The quantitative estimate of drug-likeness (QED) is 0.629. The number of phenolic OH excluding ortho intramolecular Hbond substituents is 1. The molecule has 0 bridgehead atoms. The van der Waals surface area contributed by atoms with Crippen LogP contribution in [-0.4, -0.2) is 50.5 Å². The van der Waals surface area contributed by atoms with Crippen LogP contribution >= 0.6 is 0 Å². The van der Waals surface area contributed by atoms with Gasteiger partial charge in [-0.3, -0.25) is 4.98 Å². The van der Waals surface area contributed by atoms with Crippen LogP contribution in [-0.2, 0) is 6.18 Å². The molecule has 0 unspecified atom stereocenters. The number of β-amino-alcohol motifs (C(OH)–C–C–N with tert-alkyl or cyclic N) is 1. The minimum absolute atomic E-state index is 0.00646. The highest BCUT2D eigenvalue weighted by atomic mass is 19.4. The average Bonchev–Trinajstić information content (AvgIpc) is 2.93. The maximum atomic E-state index is 13.7. The van der Waals surface area contributed by atoms with Crippen molar-refractivity contribution in [2.24, 2.45) is 0 Å². The second kappa shape index (κ2) is 6.48. The van der Waals surface area contributed by atoms with Crippen molar-refractivity contribution in [1.82, 2.24) is 15.2 Å². The van der Waals surface area contributed by atoms with E-state index in [1.807, 2.05) is 0 Å². The van der Waals surface area contributed by atoms with E-state index in [1.165, 1.54) is 18.3 Å². The predicted molar refractivity (Wildman–Crippen MR) is 92.6 cm³/mol. The molecule has 3 heterocycles. The van der Waals surface area contributed by atoms with Gasteiger partial charge in [-0.2, -0.15) is 13.2 Å². The predicted octanol–water partition coefficient (Wildman–Crippen LogP) is 3.23. The molecule has 1 atom stereocenters. The van der Waals surface area contributed by atoms with Crippen LogP contribution in [0.25, 0.3) is 22.2 Å². The number of fused-ring (bicyclic) bond motifs is 1. The largest absolute Gasteiger partial charge is 0.507 e. The van der Waals surface area contributed by atoms with Gasteiger partial charge in [0.2, 0.25) is 0 Å². The summed E-state index contributed by atoms with van der Waals surface area (Å²) in [4.78, 5) is 5.28. The second-order valence-corrected chi connectivity index (χ2v) is 6.66. The fraction of sp³-hybridized carbons (Fsp3) is 0.278. The Balaban J connectivity index is 1.83. The van der Waals surface area contributed by atoms with Crippen molar-refractivity contribution in [2.75, 3.05) is 18.0 Å².